The standard InChI is InChI=1S/C27H24O7/c1-18-23(33-26(29)20-13-7-3-8-14-20)24(34-27(30)21-15-9-4-10-16-21)22(17-31-18)32-25(28)19-11-5-2-6-12-19/h2-16,18,22-24H,17H2,1H3. The van der Waals surface area contributed by atoms with Gasteiger partial charge in [0.05, 0.1) is 29.4 Å². The number of ether oxygens (including phenoxy) is 4. The zero-order valence-electron chi connectivity index (χ0n) is 18.5. The molecule has 1 aliphatic heterocycles. The van der Waals surface area contributed by atoms with Crippen LogP contribution in [0.5, 0.6) is 0 Å². The smallest absolute Gasteiger partial charge is 0.338 e. The van der Waals surface area contributed by atoms with Crippen LogP contribution < -0.4 is 0 Å². The minimum absolute atomic E-state index is 0.0220. The van der Waals surface area contributed by atoms with Crippen molar-refractivity contribution < 1.29 is 33.3 Å². The molecule has 0 bridgehead atoms. The molecule has 0 aliphatic carbocycles. The van der Waals surface area contributed by atoms with Crippen LogP contribution in [-0.4, -0.2) is 48.9 Å². The van der Waals surface area contributed by atoms with Gasteiger partial charge in [0.25, 0.3) is 0 Å². The summed E-state index contributed by atoms with van der Waals surface area (Å²) in [6.45, 7) is 1.69. The van der Waals surface area contributed by atoms with E-state index in [9.17, 15) is 14.4 Å². The van der Waals surface area contributed by atoms with Crippen molar-refractivity contribution in [3.8, 4) is 0 Å². The molecule has 7 heteroatoms. The second kappa shape index (κ2) is 10.8. The third-order valence-corrected chi connectivity index (χ3v) is 5.45. The molecular formula is C27H24O7. The van der Waals surface area contributed by atoms with Crippen LogP contribution in [0.1, 0.15) is 38.0 Å². The normalized spacial score (nSPS) is 21.8. The van der Waals surface area contributed by atoms with Crippen molar-refractivity contribution in [3.63, 3.8) is 0 Å². The van der Waals surface area contributed by atoms with Crippen LogP contribution in [0.2, 0.25) is 0 Å². The van der Waals surface area contributed by atoms with E-state index in [2.05, 4.69) is 0 Å². The fourth-order valence-electron chi connectivity index (χ4n) is 3.63. The van der Waals surface area contributed by atoms with Crippen molar-refractivity contribution in [3.05, 3.63) is 108 Å². The van der Waals surface area contributed by atoms with Crippen molar-refractivity contribution in [1.82, 2.24) is 0 Å². The monoisotopic (exact) mass is 460 g/mol. The number of hydrogen-bond donors (Lipinski definition) is 0. The van der Waals surface area contributed by atoms with Crippen molar-refractivity contribution in [2.75, 3.05) is 6.61 Å². The van der Waals surface area contributed by atoms with Crippen molar-refractivity contribution in [1.29, 1.82) is 0 Å². The van der Waals surface area contributed by atoms with Gasteiger partial charge in [0, 0.05) is 0 Å². The quantitative estimate of drug-likeness (QED) is 0.405. The molecule has 4 unspecified atom stereocenters. The number of carbonyl (C=O) groups is 3. The van der Waals surface area contributed by atoms with E-state index in [1.807, 2.05) is 0 Å². The van der Waals surface area contributed by atoms with Gasteiger partial charge >= 0.3 is 17.9 Å². The molecule has 4 atom stereocenters. The van der Waals surface area contributed by atoms with E-state index >= 15 is 0 Å². The molecule has 34 heavy (non-hydrogen) atoms. The van der Waals surface area contributed by atoms with E-state index in [1.165, 1.54) is 0 Å². The summed E-state index contributed by atoms with van der Waals surface area (Å²) in [5, 5.41) is 0. The fraction of sp³-hybridized carbons (Fsp3) is 0.222. The van der Waals surface area contributed by atoms with Crippen LogP contribution in [-0.2, 0) is 18.9 Å². The minimum Gasteiger partial charge on any atom is -0.452 e. The number of benzene rings is 3. The zero-order chi connectivity index (χ0) is 23.9. The summed E-state index contributed by atoms with van der Waals surface area (Å²) in [5.41, 5.74) is 1.00. The molecule has 174 valence electrons. The predicted molar refractivity (Wildman–Crippen MR) is 122 cm³/mol. The lowest BCUT2D eigenvalue weighted by molar-refractivity contribution is -0.185. The van der Waals surface area contributed by atoms with Gasteiger partial charge in [-0.05, 0) is 43.3 Å². The predicted octanol–water partition coefficient (Wildman–Crippen LogP) is 4.08. The molecular weight excluding hydrogens is 436 g/mol. The van der Waals surface area contributed by atoms with E-state index in [-0.39, 0.29) is 6.61 Å². The molecule has 1 fully saturated rings. The van der Waals surface area contributed by atoms with Crippen molar-refractivity contribution in [2.45, 2.75) is 31.3 Å². The van der Waals surface area contributed by atoms with Gasteiger partial charge in [-0.15, -0.1) is 0 Å². The largest absolute Gasteiger partial charge is 0.452 e. The van der Waals surface area contributed by atoms with Gasteiger partial charge in [-0.3, -0.25) is 0 Å². The van der Waals surface area contributed by atoms with Crippen LogP contribution in [0.4, 0.5) is 0 Å². The maximum atomic E-state index is 12.9. The summed E-state index contributed by atoms with van der Waals surface area (Å²) in [6.07, 6.45) is -3.66. The average molecular weight is 460 g/mol. The Bertz CT molecular complexity index is 1120. The maximum absolute atomic E-state index is 12.9. The molecule has 3 aromatic rings. The third kappa shape index (κ3) is 5.50. The van der Waals surface area contributed by atoms with Gasteiger partial charge in [0.15, 0.2) is 18.3 Å². The molecule has 0 aromatic heterocycles. The molecule has 0 N–H and O–H groups in total. The van der Waals surface area contributed by atoms with Crippen molar-refractivity contribution >= 4 is 17.9 Å². The summed E-state index contributed by atoms with van der Waals surface area (Å²) >= 11 is 0. The molecule has 0 amide bonds. The molecule has 1 heterocycles. The topological polar surface area (TPSA) is 88.1 Å². The second-order valence-electron chi connectivity index (χ2n) is 7.82. The number of rotatable bonds is 6. The highest BCUT2D eigenvalue weighted by atomic mass is 16.6. The molecule has 1 aliphatic rings. The molecule has 0 radical (unpaired) electrons. The van der Waals surface area contributed by atoms with E-state index in [0.717, 1.165) is 0 Å². The molecule has 0 spiro atoms. The Morgan fingerprint density at radius 2 is 1.00 bits per heavy atom. The lowest BCUT2D eigenvalue weighted by Crippen LogP contribution is -2.56. The second-order valence-corrected chi connectivity index (χ2v) is 7.82. The van der Waals surface area contributed by atoms with Crippen LogP contribution >= 0.6 is 0 Å². The maximum Gasteiger partial charge on any atom is 0.338 e. The SMILES string of the molecule is CC1OCC(OC(=O)c2ccccc2)C(OC(=O)c2ccccc2)C1OC(=O)c1ccccc1. The first kappa shape index (κ1) is 23.2. The summed E-state index contributed by atoms with van der Waals surface area (Å²) in [4.78, 5) is 38.4. The Labute approximate surface area is 197 Å². The minimum atomic E-state index is -1.07. The lowest BCUT2D eigenvalue weighted by atomic mass is 9.99. The Morgan fingerprint density at radius 1 is 0.618 bits per heavy atom. The Kier molecular flexibility index (Phi) is 7.34. The molecule has 7 nitrogen and oxygen atoms in total. The molecule has 3 aromatic carbocycles. The summed E-state index contributed by atoms with van der Waals surface area (Å²) < 4.78 is 22.9. The van der Waals surface area contributed by atoms with Crippen molar-refractivity contribution in [2.24, 2.45) is 0 Å². The number of carbonyl (C=O) groups excluding carboxylic acids is 3. The number of hydrogen-bond acceptors (Lipinski definition) is 7. The summed E-state index contributed by atoms with van der Waals surface area (Å²) in [6, 6.07) is 25.3. The van der Waals surface area contributed by atoms with Crippen LogP contribution in [0.15, 0.2) is 91.0 Å². The van der Waals surface area contributed by atoms with Gasteiger partial charge in [-0.25, -0.2) is 14.4 Å². The van der Waals surface area contributed by atoms with E-state index < -0.39 is 42.3 Å². The molecule has 1 saturated heterocycles. The van der Waals surface area contributed by atoms with Gasteiger partial charge in [0.1, 0.15) is 0 Å². The van der Waals surface area contributed by atoms with E-state index in [0.29, 0.717) is 16.7 Å². The third-order valence-electron chi connectivity index (χ3n) is 5.45. The highest BCUT2D eigenvalue weighted by molar-refractivity contribution is 5.91. The van der Waals surface area contributed by atoms with Crippen LogP contribution in [0.3, 0.4) is 0 Å². The Balaban J connectivity index is 1.59. The van der Waals surface area contributed by atoms with E-state index in [4.69, 9.17) is 18.9 Å². The zero-order valence-corrected chi connectivity index (χ0v) is 18.5. The van der Waals surface area contributed by atoms with E-state index in [1.54, 1.807) is 97.9 Å². The Hall–Kier alpha value is -3.97. The Morgan fingerprint density at radius 3 is 1.44 bits per heavy atom. The van der Waals surface area contributed by atoms with Gasteiger partial charge in [0.2, 0.25) is 0 Å². The van der Waals surface area contributed by atoms with Gasteiger partial charge in [-0.2, -0.15) is 0 Å². The van der Waals surface area contributed by atoms with Crippen LogP contribution in [0, 0.1) is 0 Å². The molecule has 0 saturated carbocycles. The van der Waals surface area contributed by atoms with Crippen LogP contribution in [0.25, 0.3) is 0 Å². The fourth-order valence-corrected chi connectivity index (χ4v) is 3.63. The first-order valence-corrected chi connectivity index (χ1v) is 10.9. The average Bonchev–Trinajstić information content (AvgIpc) is 2.89. The summed E-state index contributed by atoms with van der Waals surface area (Å²) in [7, 11) is 0. The lowest BCUT2D eigenvalue weighted by Gasteiger charge is -2.39. The highest BCUT2D eigenvalue weighted by Gasteiger charge is 2.46. The first-order chi connectivity index (χ1) is 16.5. The first-order valence-electron chi connectivity index (χ1n) is 10.9. The number of esters is 3. The van der Waals surface area contributed by atoms with Gasteiger partial charge in [-0.1, -0.05) is 54.6 Å². The highest BCUT2D eigenvalue weighted by Crippen LogP contribution is 2.26. The molecule has 4 rings (SSSR count). The van der Waals surface area contributed by atoms with Gasteiger partial charge < -0.3 is 18.9 Å². The summed E-state index contributed by atoms with van der Waals surface area (Å²) in [5.74, 6) is -1.82.